The minimum atomic E-state index is -0.924. The SMILES string of the molecule is Cc1ncsc1-c1ccc(CNC(=O)[C@@H]2CCCN2C(=O)C(C(=O)C=C(N)OCCBr)C(C)C)cc1. The fraction of sp³-hybridized carbons (Fsp3) is 0.462. The highest BCUT2D eigenvalue weighted by molar-refractivity contribution is 9.09. The van der Waals surface area contributed by atoms with E-state index < -0.39 is 17.7 Å². The molecule has 2 atom stereocenters. The summed E-state index contributed by atoms with van der Waals surface area (Å²) in [6.45, 7) is 6.72. The van der Waals surface area contributed by atoms with Gasteiger partial charge in [0.25, 0.3) is 0 Å². The molecule has 2 amide bonds. The minimum absolute atomic E-state index is 0.0230. The van der Waals surface area contributed by atoms with Crippen LogP contribution in [0.2, 0.25) is 0 Å². The van der Waals surface area contributed by atoms with Gasteiger partial charge in [-0.15, -0.1) is 11.3 Å². The molecule has 194 valence electrons. The normalized spacial score (nSPS) is 16.8. The number of rotatable bonds is 11. The molecule has 1 aromatic heterocycles. The fourth-order valence-electron chi connectivity index (χ4n) is 4.31. The molecule has 1 aromatic carbocycles. The van der Waals surface area contributed by atoms with Gasteiger partial charge in [0.1, 0.15) is 12.0 Å². The van der Waals surface area contributed by atoms with Gasteiger partial charge < -0.3 is 20.7 Å². The van der Waals surface area contributed by atoms with Crippen molar-refractivity contribution in [1.29, 1.82) is 0 Å². The number of thiazole rings is 1. The van der Waals surface area contributed by atoms with Crippen LogP contribution in [0.15, 0.2) is 41.7 Å². The van der Waals surface area contributed by atoms with Crippen molar-refractivity contribution in [3.8, 4) is 10.4 Å². The van der Waals surface area contributed by atoms with E-state index in [0.29, 0.717) is 37.9 Å². The van der Waals surface area contributed by atoms with E-state index in [2.05, 4.69) is 26.2 Å². The molecule has 0 radical (unpaired) electrons. The third kappa shape index (κ3) is 6.94. The Morgan fingerprint density at radius 2 is 2.03 bits per heavy atom. The first-order valence-corrected chi connectivity index (χ1v) is 14.0. The second-order valence-electron chi connectivity index (χ2n) is 9.08. The van der Waals surface area contributed by atoms with Gasteiger partial charge in [-0.05, 0) is 36.8 Å². The highest BCUT2D eigenvalue weighted by Crippen LogP contribution is 2.27. The zero-order chi connectivity index (χ0) is 26.2. The maximum Gasteiger partial charge on any atom is 0.243 e. The average molecular weight is 578 g/mol. The average Bonchev–Trinajstić information content (AvgIpc) is 3.50. The Bertz CT molecular complexity index is 1100. The Labute approximate surface area is 224 Å². The summed E-state index contributed by atoms with van der Waals surface area (Å²) in [6.07, 6.45) is 2.44. The number of nitrogens with two attached hydrogens (primary N) is 1. The van der Waals surface area contributed by atoms with Gasteiger partial charge in [0.2, 0.25) is 11.8 Å². The fourth-order valence-corrected chi connectivity index (χ4v) is 5.28. The number of ketones is 1. The third-order valence-corrected chi connectivity index (χ3v) is 7.44. The van der Waals surface area contributed by atoms with E-state index in [0.717, 1.165) is 21.7 Å². The van der Waals surface area contributed by atoms with Crippen LogP contribution in [-0.2, 0) is 25.7 Å². The van der Waals surface area contributed by atoms with Crippen molar-refractivity contribution in [1.82, 2.24) is 15.2 Å². The van der Waals surface area contributed by atoms with Crippen molar-refractivity contribution >= 4 is 44.9 Å². The van der Waals surface area contributed by atoms with E-state index in [9.17, 15) is 14.4 Å². The molecule has 3 N–H and O–H groups in total. The number of aromatic nitrogens is 1. The number of benzene rings is 1. The molecule has 0 aliphatic carbocycles. The maximum atomic E-state index is 13.4. The Morgan fingerprint density at radius 1 is 1.31 bits per heavy atom. The number of hydrogen-bond acceptors (Lipinski definition) is 7. The van der Waals surface area contributed by atoms with E-state index >= 15 is 0 Å². The number of carbonyl (C=O) groups excluding carboxylic acids is 3. The van der Waals surface area contributed by atoms with Crippen molar-refractivity contribution in [2.24, 2.45) is 17.6 Å². The molecule has 2 heterocycles. The van der Waals surface area contributed by atoms with E-state index in [1.807, 2.05) is 50.5 Å². The van der Waals surface area contributed by atoms with Gasteiger partial charge in [-0.2, -0.15) is 0 Å². The number of nitrogens with zero attached hydrogens (tertiary/aromatic N) is 2. The van der Waals surface area contributed by atoms with Crippen LogP contribution in [0.1, 0.15) is 37.9 Å². The van der Waals surface area contributed by atoms with E-state index in [1.165, 1.54) is 11.0 Å². The minimum Gasteiger partial charge on any atom is -0.478 e. The molecule has 8 nitrogen and oxygen atoms in total. The number of carbonyl (C=O) groups is 3. The molecular weight excluding hydrogens is 544 g/mol. The van der Waals surface area contributed by atoms with Crippen LogP contribution in [0, 0.1) is 18.8 Å². The Kier molecular flexibility index (Phi) is 10.1. The summed E-state index contributed by atoms with van der Waals surface area (Å²) in [7, 11) is 0. The zero-order valence-corrected chi connectivity index (χ0v) is 23.2. The van der Waals surface area contributed by atoms with E-state index in [1.54, 1.807) is 11.3 Å². The first-order valence-electron chi connectivity index (χ1n) is 12.0. The van der Waals surface area contributed by atoms with Gasteiger partial charge in [-0.3, -0.25) is 14.4 Å². The standard InChI is InChI=1S/C26H33BrN4O4S/c1-16(2)23(21(32)13-22(28)35-12-10-27)26(34)31-11-4-5-20(31)25(33)29-14-18-6-8-19(9-7-18)24-17(3)30-15-36-24/h6-9,13,15-16,20,23H,4-5,10-12,14,28H2,1-3H3,(H,29,33)/t20-,23?/m0/s1. The maximum absolute atomic E-state index is 13.4. The van der Waals surface area contributed by atoms with Crippen molar-refractivity contribution in [3.63, 3.8) is 0 Å². The van der Waals surface area contributed by atoms with Crippen LogP contribution >= 0.6 is 27.3 Å². The summed E-state index contributed by atoms with van der Waals surface area (Å²) >= 11 is 4.83. The molecule has 3 rings (SSSR count). The predicted octanol–water partition coefficient (Wildman–Crippen LogP) is 3.78. The number of likely N-dealkylation sites (tertiary alicyclic amines) is 1. The summed E-state index contributed by atoms with van der Waals surface area (Å²) in [6, 6.07) is 7.40. The number of nitrogens with one attached hydrogen (secondary N) is 1. The highest BCUT2D eigenvalue weighted by atomic mass is 79.9. The lowest BCUT2D eigenvalue weighted by molar-refractivity contribution is -0.146. The van der Waals surface area contributed by atoms with Crippen molar-refractivity contribution in [3.05, 3.63) is 53.0 Å². The lowest BCUT2D eigenvalue weighted by Gasteiger charge is -2.29. The number of hydrogen-bond donors (Lipinski definition) is 2. The highest BCUT2D eigenvalue weighted by Gasteiger charge is 2.40. The second kappa shape index (κ2) is 13.0. The van der Waals surface area contributed by atoms with Gasteiger partial charge >= 0.3 is 0 Å². The smallest absolute Gasteiger partial charge is 0.243 e. The van der Waals surface area contributed by atoms with Crippen LogP contribution in [-0.4, -0.2) is 52.0 Å². The van der Waals surface area contributed by atoms with Crippen LogP contribution < -0.4 is 11.1 Å². The Morgan fingerprint density at radius 3 is 2.64 bits per heavy atom. The molecule has 1 aliphatic rings. The van der Waals surface area contributed by atoms with E-state index in [4.69, 9.17) is 10.5 Å². The van der Waals surface area contributed by atoms with Crippen LogP contribution in [0.3, 0.4) is 0 Å². The topological polar surface area (TPSA) is 115 Å². The van der Waals surface area contributed by atoms with Crippen molar-refractivity contribution < 1.29 is 19.1 Å². The molecule has 10 heteroatoms. The number of aryl methyl sites for hydroxylation is 1. The Balaban J connectivity index is 1.63. The summed E-state index contributed by atoms with van der Waals surface area (Å²) in [4.78, 5) is 46.3. The quantitative estimate of drug-likeness (QED) is 0.182. The largest absolute Gasteiger partial charge is 0.478 e. The van der Waals surface area contributed by atoms with Gasteiger partial charge in [0, 0.05) is 24.5 Å². The molecule has 1 saturated heterocycles. The van der Waals surface area contributed by atoms with Crippen LogP contribution in [0.25, 0.3) is 10.4 Å². The van der Waals surface area contributed by atoms with Crippen LogP contribution in [0.4, 0.5) is 0 Å². The monoisotopic (exact) mass is 576 g/mol. The summed E-state index contributed by atoms with van der Waals surface area (Å²) < 4.78 is 5.24. The summed E-state index contributed by atoms with van der Waals surface area (Å²) in [5.74, 6) is -2.17. The molecule has 1 fully saturated rings. The summed E-state index contributed by atoms with van der Waals surface area (Å²) in [5, 5.41) is 3.53. The number of allylic oxidation sites excluding steroid dienone is 1. The lowest BCUT2D eigenvalue weighted by Crippen LogP contribution is -2.49. The molecular formula is C26H33BrN4O4S. The molecule has 0 bridgehead atoms. The van der Waals surface area contributed by atoms with Crippen molar-refractivity contribution in [2.75, 3.05) is 18.5 Å². The molecule has 1 unspecified atom stereocenters. The molecule has 36 heavy (non-hydrogen) atoms. The number of halogens is 1. The van der Waals surface area contributed by atoms with Gasteiger partial charge in [0.15, 0.2) is 11.7 Å². The number of alkyl halides is 1. The summed E-state index contributed by atoms with van der Waals surface area (Å²) in [5.41, 5.74) is 10.7. The first kappa shape index (κ1) is 27.9. The van der Waals surface area contributed by atoms with Gasteiger partial charge in [-0.1, -0.05) is 54.0 Å². The lowest BCUT2D eigenvalue weighted by atomic mass is 9.89. The van der Waals surface area contributed by atoms with Gasteiger partial charge in [-0.25, -0.2) is 4.98 Å². The third-order valence-electron chi connectivity index (χ3n) is 6.14. The van der Waals surface area contributed by atoms with Crippen LogP contribution in [0.5, 0.6) is 0 Å². The number of ether oxygens (including phenoxy) is 1. The first-order chi connectivity index (χ1) is 17.2. The molecule has 2 aromatic rings. The second-order valence-corrected chi connectivity index (χ2v) is 10.7. The predicted molar refractivity (Wildman–Crippen MR) is 144 cm³/mol. The van der Waals surface area contributed by atoms with E-state index in [-0.39, 0.29) is 23.6 Å². The number of amides is 2. The molecule has 0 saturated carbocycles. The Hall–Kier alpha value is -2.72. The molecule has 0 spiro atoms. The van der Waals surface area contributed by atoms with Gasteiger partial charge in [0.05, 0.1) is 22.7 Å². The zero-order valence-electron chi connectivity index (χ0n) is 20.8. The molecule has 1 aliphatic heterocycles. The van der Waals surface area contributed by atoms with Crippen molar-refractivity contribution in [2.45, 2.75) is 46.2 Å².